The second kappa shape index (κ2) is 5.32. The van der Waals surface area contributed by atoms with Crippen LogP contribution in [0.1, 0.15) is 26.3 Å². The third-order valence-corrected chi connectivity index (χ3v) is 3.43. The number of aliphatic hydroxyl groups is 1. The Balaban J connectivity index is 2.59. The van der Waals surface area contributed by atoms with Crippen molar-refractivity contribution in [3.63, 3.8) is 0 Å². The van der Waals surface area contributed by atoms with Gasteiger partial charge in [0.1, 0.15) is 0 Å². The van der Waals surface area contributed by atoms with E-state index >= 15 is 0 Å². The summed E-state index contributed by atoms with van der Waals surface area (Å²) in [4.78, 5) is 8.33. The lowest BCUT2D eigenvalue weighted by Gasteiger charge is -2.13. The van der Waals surface area contributed by atoms with E-state index < -0.39 is 0 Å². The van der Waals surface area contributed by atoms with Gasteiger partial charge in [-0.15, -0.1) is 0 Å². The summed E-state index contributed by atoms with van der Waals surface area (Å²) in [5, 5.41) is 10.1. The van der Waals surface area contributed by atoms with E-state index in [1.54, 1.807) is 24.2 Å². The van der Waals surface area contributed by atoms with Crippen LogP contribution in [-0.2, 0) is 6.61 Å². The SMILES string of the molecule is CC(C)C(C)Sc1ncc(CO)cn1. The maximum Gasteiger partial charge on any atom is 0.187 e. The zero-order chi connectivity index (χ0) is 10.6. The predicted molar refractivity (Wildman–Crippen MR) is 58.1 cm³/mol. The first-order chi connectivity index (χ1) is 6.63. The topological polar surface area (TPSA) is 46.0 Å². The summed E-state index contributed by atoms with van der Waals surface area (Å²) in [6.45, 7) is 6.53. The summed E-state index contributed by atoms with van der Waals surface area (Å²) >= 11 is 1.67. The van der Waals surface area contributed by atoms with Gasteiger partial charge in [-0.2, -0.15) is 0 Å². The van der Waals surface area contributed by atoms with Crippen molar-refractivity contribution in [2.45, 2.75) is 37.8 Å². The fourth-order valence-electron chi connectivity index (χ4n) is 0.788. The largest absolute Gasteiger partial charge is 0.392 e. The highest BCUT2D eigenvalue weighted by Crippen LogP contribution is 2.24. The van der Waals surface area contributed by atoms with Crippen LogP contribution >= 0.6 is 11.8 Å². The molecule has 1 N–H and O–H groups in total. The highest BCUT2D eigenvalue weighted by molar-refractivity contribution is 7.99. The summed E-state index contributed by atoms with van der Waals surface area (Å²) in [5.41, 5.74) is 0.756. The minimum absolute atomic E-state index is 0.00464. The number of thioether (sulfide) groups is 1. The molecule has 3 nitrogen and oxygen atoms in total. The van der Waals surface area contributed by atoms with Crippen molar-refractivity contribution in [2.24, 2.45) is 5.92 Å². The van der Waals surface area contributed by atoms with Gasteiger partial charge in [-0.3, -0.25) is 0 Å². The molecule has 0 aliphatic heterocycles. The van der Waals surface area contributed by atoms with Crippen LogP contribution in [0.3, 0.4) is 0 Å². The average Bonchev–Trinajstić information content (AvgIpc) is 2.19. The van der Waals surface area contributed by atoms with Crippen molar-refractivity contribution < 1.29 is 5.11 Å². The Labute approximate surface area is 89.0 Å². The van der Waals surface area contributed by atoms with Crippen molar-refractivity contribution >= 4 is 11.8 Å². The van der Waals surface area contributed by atoms with E-state index in [0.29, 0.717) is 11.2 Å². The Morgan fingerprint density at radius 2 is 1.86 bits per heavy atom. The predicted octanol–water partition coefficient (Wildman–Crippen LogP) is 2.11. The van der Waals surface area contributed by atoms with Crippen LogP contribution in [0.5, 0.6) is 0 Å². The smallest absolute Gasteiger partial charge is 0.187 e. The number of aliphatic hydroxyl groups excluding tert-OH is 1. The molecule has 0 aromatic carbocycles. The van der Waals surface area contributed by atoms with Gasteiger partial charge >= 0.3 is 0 Å². The van der Waals surface area contributed by atoms with E-state index in [1.807, 2.05) is 0 Å². The van der Waals surface area contributed by atoms with E-state index in [-0.39, 0.29) is 6.61 Å². The van der Waals surface area contributed by atoms with Gasteiger partial charge in [0.25, 0.3) is 0 Å². The highest BCUT2D eigenvalue weighted by Gasteiger charge is 2.10. The second-order valence-electron chi connectivity index (χ2n) is 3.60. The average molecular weight is 212 g/mol. The molecule has 0 bridgehead atoms. The van der Waals surface area contributed by atoms with Gasteiger partial charge in [-0.1, -0.05) is 32.5 Å². The van der Waals surface area contributed by atoms with E-state index in [2.05, 4.69) is 30.7 Å². The maximum atomic E-state index is 8.81. The Kier molecular flexibility index (Phi) is 4.35. The molecule has 1 aromatic heterocycles. The molecule has 1 unspecified atom stereocenters. The van der Waals surface area contributed by atoms with Crippen molar-refractivity contribution in [2.75, 3.05) is 0 Å². The summed E-state index contributed by atoms with van der Waals surface area (Å²) in [6, 6.07) is 0. The van der Waals surface area contributed by atoms with E-state index in [4.69, 9.17) is 5.11 Å². The van der Waals surface area contributed by atoms with Crippen molar-refractivity contribution in [3.05, 3.63) is 18.0 Å². The molecule has 0 amide bonds. The van der Waals surface area contributed by atoms with Crippen LogP contribution in [-0.4, -0.2) is 20.3 Å². The quantitative estimate of drug-likeness (QED) is 0.613. The van der Waals surface area contributed by atoms with Crippen molar-refractivity contribution in [3.8, 4) is 0 Å². The van der Waals surface area contributed by atoms with E-state index in [0.717, 1.165) is 10.7 Å². The number of aromatic nitrogens is 2. The van der Waals surface area contributed by atoms with Gasteiger partial charge in [0.2, 0.25) is 0 Å². The standard InChI is InChI=1S/C10H16N2OS/c1-7(2)8(3)14-10-11-4-9(6-13)5-12-10/h4-5,7-8,13H,6H2,1-3H3. The van der Waals surface area contributed by atoms with Crippen LogP contribution in [0, 0.1) is 5.92 Å². The van der Waals surface area contributed by atoms with Crippen molar-refractivity contribution in [1.29, 1.82) is 0 Å². The molecule has 1 rings (SSSR count). The minimum Gasteiger partial charge on any atom is -0.392 e. The molecule has 0 fully saturated rings. The van der Waals surface area contributed by atoms with Gasteiger partial charge in [-0.05, 0) is 5.92 Å². The molecule has 1 heterocycles. The number of rotatable bonds is 4. The maximum absolute atomic E-state index is 8.81. The number of hydrogen-bond acceptors (Lipinski definition) is 4. The molecule has 1 atom stereocenters. The summed E-state index contributed by atoms with van der Waals surface area (Å²) < 4.78 is 0. The Bertz CT molecular complexity index is 274. The first kappa shape index (κ1) is 11.5. The van der Waals surface area contributed by atoms with E-state index in [1.165, 1.54) is 0 Å². The first-order valence-corrected chi connectivity index (χ1v) is 5.60. The van der Waals surface area contributed by atoms with Gasteiger partial charge in [0.05, 0.1) is 6.61 Å². The lowest BCUT2D eigenvalue weighted by atomic mass is 10.2. The van der Waals surface area contributed by atoms with Crippen LogP contribution in [0.25, 0.3) is 0 Å². The summed E-state index contributed by atoms with van der Waals surface area (Å²) in [5.74, 6) is 0.612. The zero-order valence-electron chi connectivity index (χ0n) is 8.77. The summed E-state index contributed by atoms with van der Waals surface area (Å²) in [7, 11) is 0. The molecule has 14 heavy (non-hydrogen) atoms. The van der Waals surface area contributed by atoms with Gasteiger partial charge in [-0.25, -0.2) is 9.97 Å². The van der Waals surface area contributed by atoms with Crippen LogP contribution in [0.15, 0.2) is 17.6 Å². The highest BCUT2D eigenvalue weighted by atomic mass is 32.2. The second-order valence-corrected chi connectivity index (χ2v) is 4.94. The third kappa shape index (κ3) is 3.27. The van der Waals surface area contributed by atoms with Crippen LogP contribution < -0.4 is 0 Å². The fraction of sp³-hybridized carbons (Fsp3) is 0.600. The molecule has 0 aliphatic carbocycles. The minimum atomic E-state index is 0.00464. The van der Waals surface area contributed by atoms with Gasteiger partial charge < -0.3 is 5.11 Å². The molecule has 78 valence electrons. The van der Waals surface area contributed by atoms with Crippen LogP contribution in [0.4, 0.5) is 0 Å². The molecule has 4 heteroatoms. The number of hydrogen-bond donors (Lipinski definition) is 1. The molecule has 0 saturated heterocycles. The Morgan fingerprint density at radius 3 is 2.29 bits per heavy atom. The normalized spacial score (nSPS) is 13.2. The lowest BCUT2D eigenvalue weighted by molar-refractivity contribution is 0.280. The zero-order valence-corrected chi connectivity index (χ0v) is 9.58. The molecule has 0 radical (unpaired) electrons. The fourth-order valence-corrected chi connectivity index (χ4v) is 1.62. The number of nitrogens with zero attached hydrogens (tertiary/aromatic N) is 2. The summed E-state index contributed by atoms with van der Waals surface area (Å²) in [6.07, 6.45) is 3.34. The molecular weight excluding hydrogens is 196 g/mol. The molecule has 0 spiro atoms. The van der Waals surface area contributed by atoms with Crippen molar-refractivity contribution in [1.82, 2.24) is 9.97 Å². The lowest BCUT2D eigenvalue weighted by Crippen LogP contribution is -2.06. The molecule has 1 aromatic rings. The molecule has 0 aliphatic rings. The first-order valence-electron chi connectivity index (χ1n) is 4.72. The Morgan fingerprint density at radius 1 is 1.29 bits per heavy atom. The van der Waals surface area contributed by atoms with Gasteiger partial charge in [0, 0.05) is 23.2 Å². The molecular formula is C10H16N2OS. The van der Waals surface area contributed by atoms with Gasteiger partial charge in [0.15, 0.2) is 5.16 Å². The molecule has 0 saturated carbocycles. The third-order valence-electron chi connectivity index (χ3n) is 2.09. The monoisotopic (exact) mass is 212 g/mol. The van der Waals surface area contributed by atoms with E-state index in [9.17, 15) is 0 Å². The van der Waals surface area contributed by atoms with Crippen LogP contribution in [0.2, 0.25) is 0 Å². The Hall–Kier alpha value is -0.610.